The number of ether oxygens (including phenoxy) is 1. The quantitative estimate of drug-likeness (QED) is 0.873. The van der Waals surface area contributed by atoms with Crippen LogP contribution in [-0.2, 0) is 0 Å². The van der Waals surface area contributed by atoms with Gasteiger partial charge in [0.25, 0.3) is 0 Å². The number of hydrogen-bond acceptors (Lipinski definition) is 4. The summed E-state index contributed by atoms with van der Waals surface area (Å²) in [7, 11) is 0. The molecule has 1 N–H and O–H groups in total. The number of nitrogens with zero attached hydrogens (tertiary/aromatic N) is 2. The summed E-state index contributed by atoms with van der Waals surface area (Å²) in [6, 6.07) is 7.56. The standard InChI is InChI=1S/C16H25ClN2O2/c1-16(2,20)13-19-9-7-18(8-10-19)11-12-21-15-6-4-3-5-14(15)17/h3-6,20H,7-13H2,1-2H3. The molecule has 0 radical (unpaired) electrons. The third kappa shape index (κ3) is 5.83. The molecule has 4 nitrogen and oxygen atoms in total. The van der Waals surface area contributed by atoms with Gasteiger partial charge >= 0.3 is 0 Å². The van der Waals surface area contributed by atoms with Gasteiger partial charge < -0.3 is 9.84 Å². The summed E-state index contributed by atoms with van der Waals surface area (Å²) in [5.74, 6) is 0.750. The van der Waals surface area contributed by atoms with Gasteiger partial charge in [-0.3, -0.25) is 9.80 Å². The molecule has 1 saturated heterocycles. The lowest BCUT2D eigenvalue weighted by Crippen LogP contribution is -2.51. The normalized spacial score (nSPS) is 17.9. The molecule has 0 unspecified atom stereocenters. The van der Waals surface area contributed by atoms with Gasteiger partial charge in [-0.05, 0) is 26.0 Å². The van der Waals surface area contributed by atoms with Crippen LogP contribution in [0.3, 0.4) is 0 Å². The Labute approximate surface area is 132 Å². The van der Waals surface area contributed by atoms with Crippen molar-refractivity contribution in [3.63, 3.8) is 0 Å². The van der Waals surface area contributed by atoms with Crippen LogP contribution in [0.2, 0.25) is 5.02 Å². The number of piperazine rings is 1. The Hall–Kier alpha value is -0.810. The van der Waals surface area contributed by atoms with Gasteiger partial charge in [0.15, 0.2) is 0 Å². The van der Waals surface area contributed by atoms with Crippen LogP contribution < -0.4 is 4.74 Å². The summed E-state index contributed by atoms with van der Waals surface area (Å²) < 4.78 is 5.72. The van der Waals surface area contributed by atoms with E-state index in [4.69, 9.17) is 16.3 Å². The fraction of sp³-hybridized carbons (Fsp3) is 0.625. The zero-order valence-corrected chi connectivity index (χ0v) is 13.6. The number of rotatable bonds is 6. The SMILES string of the molecule is CC(C)(O)CN1CCN(CCOc2ccccc2Cl)CC1. The average Bonchev–Trinajstić information content (AvgIpc) is 2.41. The summed E-state index contributed by atoms with van der Waals surface area (Å²) >= 11 is 6.06. The molecule has 1 aromatic carbocycles. The zero-order chi connectivity index (χ0) is 15.3. The van der Waals surface area contributed by atoms with Crippen molar-refractivity contribution in [2.75, 3.05) is 45.9 Å². The minimum absolute atomic E-state index is 0.616. The first-order chi connectivity index (χ1) is 9.94. The van der Waals surface area contributed by atoms with Crippen LogP contribution in [0, 0.1) is 0 Å². The molecule has 5 heteroatoms. The summed E-state index contributed by atoms with van der Waals surface area (Å²) in [6.45, 7) is 10.0. The summed E-state index contributed by atoms with van der Waals surface area (Å²) in [4.78, 5) is 4.70. The van der Waals surface area contributed by atoms with Gasteiger partial charge in [0.05, 0.1) is 10.6 Å². The molecule has 0 aromatic heterocycles. The highest BCUT2D eigenvalue weighted by Crippen LogP contribution is 2.22. The fourth-order valence-electron chi connectivity index (χ4n) is 2.56. The number of hydrogen-bond donors (Lipinski definition) is 1. The van der Waals surface area contributed by atoms with Crippen molar-refractivity contribution >= 4 is 11.6 Å². The highest BCUT2D eigenvalue weighted by atomic mass is 35.5. The van der Waals surface area contributed by atoms with Crippen molar-refractivity contribution in [2.45, 2.75) is 19.4 Å². The molecule has 1 aliphatic heterocycles. The van der Waals surface area contributed by atoms with Gasteiger partial charge in [-0.1, -0.05) is 23.7 Å². The molecule has 21 heavy (non-hydrogen) atoms. The Morgan fingerprint density at radius 1 is 1.14 bits per heavy atom. The number of aliphatic hydroxyl groups is 1. The molecule has 0 spiro atoms. The maximum absolute atomic E-state index is 9.84. The van der Waals surface area contributed by atoms with E-state index < -0.39 is 5.60 Å². The third-order valence-corrected chi connectivity index (χ3v) is 3.89. The van der Waals surface area contributed by atoms with Gasteiger partial charge in [-0.2, -0.15) is 0 Å². The van der Waals surface area contributed by atoms with Crippen LogP contribution in [0.5, 0.6) is 5.75 Å². The number of para-hydroxylation sites is 1. The Bertz CT molecular complexity index is 440. The van der Waals surface area contributed by atoms with Crippen molar-refractivity contribution in [3.05, 3.63) is 29.3 Å². The van der Waals surface area contributed by atoms with E-state index in [-0.39, 0.29) is 0 Å². The summed E-state index contributed by atoms with van der Waals surface area (Å²) in [5, 5.41) is 10.5. The van der Waals surface area contributed by atoms with Gasteiger partial charge in [0, 0.05) is 39.3 Å². The van der Waals surface area contributed by atoms with Crippen LogP contribution in [0.15, 0.2) is 24.3 Å². The van der Waals surface area contributed by atoms with E-state index in [9.17, 15) is 5.11 Å². The maximum atomic E-state index is 9.84. The molecule has 0 atom stereocenters. The van der Waals surface area contributed by atoms with Gasteiger partial charge in [0.2, 0.25) is 0 Å². The van der Waals surface area contributed by atoms with Crippen molar-refractivity contribution in [3.8, 4) is 5.75 Å². The lowest BCUT2D eigenvalue weighted by molar-refractivity contribution is 0.0162. The van der Waals surface area contributed by atoms with E-state index in [0.29, 0.717) is 11.6 Å². The van der Waals surface area contributed by atoms with Gasteiger partial charge in [-0.25, -0.2) is 0 Å². The van der Waals surface area contributed by atoms with Crippen LogP contribution in [0.1, 0.15) is 13.8 Å². The van der Waals surface area contributed by atoms with Crippen LogP contribution in [0.4, 0.5) is 0 Å². The topological polar surface area (TPSA) is 35.9 Å². The van der Waals surface area contributed by atoms with Crippen LogP contribution >= 0.6 is 11.6 Å². The van der Waals surface area contributed by atoms with Crippen molar-refractivity contribution in [2.24, 2.45) is 0 Å². The maximum Gasteiger partial charge on any atom is 0.137 e. The van der Waals surface area contributed by atoms with E-state index in [2.05, 4.69) is 9.80 Å². The molecule has 118 valence electrons. The molecule has 0 bridgehead atoms. The lowest BCUT2D eigenvalue weighted by atomic mass is 10.1. The van der Waals surface area contributed by atoms with Crippen LogP contribution in [0.25, 0.3) is 0 Å². The Kier molecular flexibility index (Phi) is 5.88. The predicted octanol–water partition coefficient (Wildman–Crippen LogP) is 2.11. The first kappa shape index (κ1) is 16.6. The Balaban J connectivity index is 1.66. The van der Waals surface area contributed by atoms with Crippen molar-refractivity contribution < 1.29 is 9.84 Å². The average molecular weight is 313 g/mol. The molecule has 0 saturated carbocycles. The smallest absolute Gasteiger partial charge is 0.137 e. The summed E-state index contributed by atoms with van der Waals surface area (Å²) in [6.07, 6.45) is 0. The molecule has 1 aliphatic rings. The minimum Gasteiger partial charge on any atom is -0.491 e. The molecular formula is C16H25ClN2O2. The van der Waals surface area contributed by atoms with Gasteiger partial charge in [-0.15, -0.1) is 0 Å². The van der Waals surface area contributed by atoms with Crippen molar-refractivity contribution in [1.82, 2.24) is 9.80 Å². The molecule has 1 fully saturated rings. The number of β-amino-alcohol motifs (C(OH)–C–C–N with tert-alkyl or cyclic N) is 1. The van der Waals surface area contributed by atoms with E-state index >= 15 is 0 Å². The van der Waals surface area contributed by atoms with E-state index in [1.54, 1.807) is 0 Å². The molecule has 0 aliphatic carbocycles. The predicted molar refractivity (Wildman–Crippen MR) is 86.1 cm³/mol. The van der Waals surface area contributed by atoms with Crippen molar-refractivity contribution in [1.29, 1.82) is 0 Å². The van der Waals surface area contributed by atoms with E-state index in [0.717, 1.165) is 45.0 Å². The van der Waals surface area contributed by atoms with Crippen LogP contribution in [-0.4, -0.2) is 66.4 Å². The second kappa shape index (κ2) is 7.45. The first-order valence-corrected chi connectivity index (χ1v) is 7.86. The number of benzene rings is 1. The molecular weight excluding hydrogens is 288 g/mol. The molecule has 1 heterocycles. The summed E-state index contributed by atoms with van der Waals surface area (Å²) in [5.41, 5.74) is -0.616. The number of halogens is 1. The highest BCUT2D eigenvalue weighted by Gasteiger charge is 2.22. The van der Waals surface area contributed by atoms with E-state index in [1.807, 2.05) is 38.1 Å². The zero-order valence-electron chi connectivity index (χ0n) is 12.9. The third-order valence-electron chi connectivity index (χ3n) is 3.58. The highest BCUT2D eigenvalue weighted by molar-refractivity contribution is 6.32. The lowest BCUT2D eigenvalue weighted by Gasteiger charge is -2.37. The minimum atomic E-state index is -0.616. The van der Waals surface area contributed by atoms with Gasteiger partial charge in [0.1, 0.15) is 12.4 Å². The Morgan fingerprint density at radius 2 is 1.76 bits per heavy atom. The second-order valence-electron chi connectivity index (χ2n) is 6.21. The molecule has 1 aromatic rings. The fourth-order valence-corrected chi connectivity index (χ4v) is 2.76. The monoisotopic (exact) mass is 312 g/mol. The first-order valence-electron chi connectivity index (χ1n) is 7.48. The van der Waals surface area contributed by atoms with E-state index in [1.165, 1.54) is 0 Å². The largest absolute Gasteiger partial charge is 0.491 e. The Morgan fingerprint density at radius 3 is 2.38 bits per heavy atom. The molecule has 2 rings (SSSR count). The molecule has 0 amide bonds. The second-order valence-corrected chi connectivity index (χ2v) is 6.62.